The second kappa shape index (κ2) is 4.35. The van der Waals surface area contributed by atoms with Gasteiger partial charge in [-0.15, -0.1) is 0 Å². The summed E-state index contributed by atoms with van der Waals surface area (Å²) in [5.41, 5.74) is 3.01. The van der Waals surface area contributed by atoms with Gasteiger partial charge in [-0.25, -0.2) is 0 Å². The number of aryl methyl sites for hydroxylation is 1. The molecule has 4 nitrogen and oxygen atoms in total. The first-order valence-corrected chi connectivity index (χ1v) is 5.12. The highest BCUT2D eigenvalue weighted by Crippen LogP contribution is 2.17. The molecule has 0 amide bonds. The SMILES string of the molecule is CC(=O)OC1CC(c2ccc(C)cc2)=NO1. The van der Waals surface area contributed by atoms with Crippen molar-refractivity contribution in [1.82, 2.24) is 0 Å². The fraction of sp³-hybridized carbons (Fsp3) is 0.333. The molecule has 2 rings (SSSR count). The Bertz CT molecular complexity index is 422. The number of carbonyl (C=O) groups is 1. The number of carbonyl (C=O) groups excluding carboxylic acids is 1. The third-order valence-electron chi connectivity index (χ3n) is 2.32. The molecule has 0 saturated heterocycles. The van der Waals surface area contributed by atoms with Gasteiger partial charge in [-0.1, -0.05) is 35.0 Å². The standard InChI is InChI=1S/C12H13NO3/c1-8-3-5-10(6-4-8)11-7-12(16-13-11)15-9(2)14/h3-6,12H,7H2,1-2H3. The normalized spacial score (nSPS) is 18.9. The van der Waals surface area contributed by atoms with Crippen molar-refractivity contribution in [2.24, 2.45) is 5.16 Å². The topological polar surface area (TPSA) is 47.9 Å². The second-order valence-electron chi connectivity index (χ2n) is 3.75. The largest absolute Gasteiger partial charge is 0.423 e. The molecule has 16 heavy (non-hydrogen) atoms. The molecule has 0 radical (unpaired) electrons. The van der Waals surface area contributed by atoms with Gasteiger partial charge in [-0.2, -0.15) is 0 Å². The summed E-state index contributed by atoms with van der Waals surface area (Å²) >= 11 is 0. The van der Waals surface area contributed by atoms with Crippen LogP contribution >= 0.6 is 0 Å². The van der Waals surface area contributed by atoms with E-state index in [2.05, 4.69) is 5.16 Å². The smallest absolute Gasteiger partial charge is 0.305 e. The van der Waals surface area contributed by atoms with Gasteiger partial charge in [0.2, 0.25) is 0 Å². The molecule has 0 aromatic heterocycles. The number of nitrogens with zero attached hydrogens (tertiary/aromatic N) is 1. The van der Waals surface area contributed by atoms with Crippen molar-refractivity contribution in [3.05, 3.63) is 35.4 Å². The van der Waals surface area contributed by atoms with Crippen LogP contribution < -0.4 is 0 Å². The zero-order chi connectivity index (χ0) is 11.5. The number of ether oxygens (including phenoxy) is 1. The Morgan fingerprint density at radius 2 is 2.12 bits per heavy atom. The summed E-state index contributed by atoms with van der Waals surface area (Å²) in [6, 6.07) is 7.98. The van der Waals surface area contributed by atoms with Crippen LogP contribution in [0.1, 0.15) is 24.5 Å². The van der Waals surface area contributed by atoms with E-state index in [9.17, 15) is 4.79 Å². The number of esters is 1. The van der Waals surface area contributed by atoms with Crippen LogP contribution in [-0.2, 0) is 14.4 Å². The van der Waals surface area contributed by atoms with E-state index in [1.54, 1.807) is 0 Å². The Hall–Kier alpha value is -1.84. The molecule has 4 heteroatoms. The molecule has 0 fully saturated rings. The third-order valence-corrected chi connectivity index (χ3v) is 2.32. The highest BCUT2D eigenvalue weighted by atomic mass is 16.8. The maximum Gasteiger partial charge on any atom is 0.305 e. The third kappa shape index (κ3) is 2.39. The summed E-state index contributed by atoms with van der Waals surface area (Å²) in [7, 11) is 0. The first-order chi connectivity index (χ1) is 7.65. The summed E-state index contributed by atoms with van der Waals surface area (Å²) in [5, 5.41) is 3.91. The molecular weight excluding hydrogens is 206 g/mol. The Labute approximate surface area is 93.9 Å². The molecule has 1 unspecified atom stereocenters. The fourth-order valence-electron chi connectivity index (χ4n) is 1.52. The maximum absolute atomic E-state index is 10.7. The summed E-state index contributed by atoms with van der Waals surface area (Å²) in [5.74, 6) is -0.356. The minimum atomic E-state index is -0.575. The molecule has 0 saturated carbocycles. The van der Waals surface area contributed by atoms with Crippen molar-refractivity contribution in [2.45, 2.75) is 26.6 Å². The van der Waals surface area contributed by atoms with Gasteiger partial charge < -0.3 is 9.57 Å². The van der Waals surface area contributed by atoms with Gasteiger partial charge in [0.05, 0.1) is 12.1 Å². The molecule has 0 N–H and O–H groups in total. The minimum absolute atomic E-state index is 0.356. The van der Waals surface area contributed by atoms with Gasteiger partial charge in [0.15, 0.2) is 0 Å². The van der Waals surface area contributed by atoms with Crippen LogP contribution in [0, 0.1) is 6.92 Å². The Balaban J connectivity index is 2.03. The fourth-order valence-corrected chi connectivity index (χ4v) is 1.52. The molecule has 0 aliphatic carbocycles. The molecule has 1 heterocycles. The Morgan fingerprint density at radius 3 is 2.75 bits per heavy atom. The van der Waals surface area contributed by atoms with Crippen molar-refractivity contribution < 1.29 is 14.4 Å². The first-order valence-electron chi connectivity index (χ1n) is 5.12. The van der Waals surface area contributed by atoms with Crippen LogP contribution in [0.25, 0.3) is 0 Å². The minimum Gasteiger partial charge on any atom is -0.423 e. The number of hydrogen-bond donors (Lipinski definition) is 0. The molecule has 84 valence electrons. The van der Waals surface area contributed by atoms with E-state index >= 15 is 0 Å². The summed E-state index contributed by atoms with van der Waals surface area (Å²) in [6.45, 7) is 3.38. The van der Waals surface area contributed by atoms with Gasteiger partial charge in [0, 0.05) is 6.92 Å². The molecule has 0 bridgehead atoms. The highest BCUT2D eigenvalue weighted by Gasteiger charge is 2.24. The highest BCUT2D eigenvalue weighted by molar-refractivity contribution is 6.01. The van der Waals surface area contributed by atoms with E-state index in [1.807, 2.05) is 31.2 Å². The van der Waals surface area contributed by atoms with E-state index in [0.717, 1.165) is 11.3 Å². The average Bonchev–Trinajstić information content (AvgIpc) is 2.66. The van der Waals surface area contributed by atoms with Crippen molar-refractivity contribution in [2.75, 3.05) is 0 Å². The lowest BCUT2D eigenvalue weighted by Crippen LogP contribution is -2.16. The molecular formula is C12H13NO3. The summed E-state index contributed by atoms with van der Waals surface area (Å²) in [4.78, 5) is 15.7. The van der Waals surface area contributed by atoms with Crippen molar-refractivity contribution in [3.8, 4) is 0 Å². The number of hydrogen-bond acceptors (Lipinski definition) is 4. The zero-order valence-corrected chi connectivity index (χ0v) is 9.27. The maximum atomic E-state index is 10.7. The van der Waals surface area contributed by atoms with E-state index in [4.69, 9.17) is 9.57 Å². The molecule has 1 aromatic carbocycles. The van der Waals surface area contributed by atoms with Crippen molar-refractivity contribution in [1.29, 1.82) is 0 Å². The lowest BCUT2D eigenvalue weighted by Gasteiger charge is -2.06. The van der Waals surface area contributed by atoms with Gasteiger partial charge in [-0.05, 0) is 12.5 Å². The van der Waals surface area contributed by atoms with E-state index in [0.29, 0.717) is 6.42 Å². The van der Waals surface area contributed by atoms with E-state index in [1.165, 1.54) is 12.5 Å². The predicted molar refractivity (Wildman–Crippen MR) is 59.0 cm³/mol. The number of benzene rings is 1. The van der Waals surface area contributed by atoms with Crippen LogP contribution in [0.5, 0.6) is 0 Å². The van der Waals surface area contributed by atoms with Gasteiger partial charge in [0.25, 0.3) is 6.29 Å². The monoisotopic (exact) mass is 219 g/mol. The van der Waals surface area contributed by atoms with Gasteiger partial charge in [-0.3, -0.25) is 4.79 Å². The average molecular weight is 219 g/mol. The summed E-state index contributed by atoms with van der Waals surface area (Å²) in [6.07, 6.45) is -0.0726. The molecule has 1 aliphatic heterocycles. The predicted octanol–water partition coefficient (Wildman–Crippen LogP) is 2.01. The Kier molecular flexibility index (Phi) is 2.90. The van der Waals surface area contributed by atoms with Crippen LogP contribution in [0.2, 0.25) is 0 Å². The second-order valence-corrected chi connectivity index (χ2v) is 3.75. The molecule has 1 aliphatic rings. The Morgan fingerprint density at radius 1 is 1.44 bits per heavy atom. The summed E-state index contributed by atoms with van der Waals surface area (Å²) < 4.78 is 4.91. The van der Waals surface area contributed by atoms with Gasteiger partial charge >= 0.3 is 5.97 Å². The molecule has 1 aromatic rings. The van der Waals surface area contributed by atoms with E-state index in [-0.39, 0.29) is 5.97 Å². The first kappa shape index (κ1) is 10.7. The van der Waals surface area contributed by atoms with Gasteiger partial charge in [0.1, 0.15) is 0 Å². The quantitative estimate of drug-likeness (QED) is 0.715. The number of rotatable bonds is 2. The zero-order valence-electron chi connectivity index (χ0n) is 9.27. The molecule has 1 atom stereocenters. The molecule has 0 spiro atoms. The lowest BCUT2D eigenvalue weighted by atomic mass is 10.1. The van der Waals surface area contributed by atoms with Crippen LogP contribution in [0.15, 0.2) is 29.4 Å². The lowest BCUT2D eigenvalue weighted by molar-refractivity contribution is -0.170. The van der Waals surface area contributed by atoms with Crippen LogP contribution in [-0.4, -0.2) is 18.0 Å². The van der Waals surface area contributed by atoms with E-state index < -0.39 is 6.29 Å². The van der Waals surface area contributed by atoms with Crippen LogP contribution in [0.3, 0.4) is 0 Å². The van der Waals surface area contributed by atoms with Crippen LogP contribution in [0.4, 0.5) is 0 Å². The van der Waals surface area contributed by atoms with Crippen molar-refractivity contribution >= 4 is 11.7 Å². The van der Waals surface area contributed by atoms with Crippen molar-refractivity contribution in [3.63, 3.8) is 0 Å². The number of oxime groups is 1.